The normalized spacial score (nSPS) is 12.8. The lowest BCUT2D eigenvalue weighted by molar-refractivity contribution is -0.167. The van der Waals surface area contributed by atoms with E-state index in [9.17, 15) is 14.4 Å². The summed E-state index contributed by atoms with van der Waals surface area (Å²) in [7, 11) is 0. The molecule has 290 valence electrons. The van der Waals surface area contributed by atoms with Crippen LogP contribution in [-0.2, 0) is 28.6 Å². The molecule has 0 aromatic heterocycles. The fourth-order valence-electron chi connectivity index (χ4n) is 5.15. The number of esters is 3. The number of rotatable bonds is 35. The summed E-state index contributed by atoms with van der Waals surface area (Å²) < 4.78 is 16.5. The van der Waals surface area contributed by atoms with Gasteiger partial charge in [-0.1, -0.05) is 132 Å². The Bertz CT molecular complexity index is 1000. The van der Waals surface area contributed by atoms with Crippen molar-refractivity contribution in [2.24, 2.45) is 0 Å². The minimum absolute atomic E-state index is 0.107. The Balaban J connectivity index is 4.42. The molecule has 0 aromatic rings. The molecule has 1 unspecified atom stereocenters. The number of carbonyl (C=O) groups excluding carboxylic acids is 3. The monoisotopic (exact) mass is 711 g/mol. The minimum Gasteiger partial charge on any atom is -0.462 e. The fraction of sp³-hybridized carbons (Fsp3) is 0.667. The summed E-state index contributed by atoms with van der Waals surface area (Å²) in [5.74, 6) is -1.01. The van der Waals surface area contributed by atoms with E-state index >= 15 is 0 Å². The van der Waals surface area contributed by atoms with Crippen molar-refractivity contribution >= 4 is 17.9 Å². The highest BCUT2D eigenvalue weighted by atomic mass is 16.6. The van der Waals surface area contributed by atoms with Gasteiger partial charge in [-0.2, -0.15) is 0 Å². The molecule has 0 aromatic carbocycles. The molecule has 0 aliphatic rings. The Hall–Kier alpha value is -3.15. The molecule has 0 N–H and O–H groups in total. The van der Waals surface area contributed by atoms with Crippen molar-refractivity contribution < 1.29 is 28.6 Å². The van der Waals surface area contributed by atoms with Crippen molar-refractivity contribution in [2.45, 2.75) is 181 Å². The first kappa shape index (κ1) is 47.8. The highest BCUT2D eigenvalue weighted by molar-refractivity contribution is 5.71. The summed E-state index contributed by atoms with van der Waals surface area (Å²) in [5, 5.41) is 0. The van der Waals surface area contributed by atoms with Crippen molar-refractivity contribution in [1.29, 1.82) is 0 Å². The van der Waals surface area contributed by atoms with Crippen LogP contribution in [0.3, 0.4) is 0 Å². The van der Waals surface area contributed by atoms with E-state index in [1.165, 1.54) is 44.9 Å². The first-order valence-corrected chi connectivity index (χ1v) is 20.5. The molecule has 0 bridgehead atoms. The van der Waals surface area contributed by atoms with Gasteiger partial charge in [-0.05, 0) is 96.3 Å². The lowest BCUT2D eigenvalue weighted by Crippen LogP contribution is -2.30. The van der Waals surface area contributed by atoms with E-state index in [4.69, 9.17) is 14.2 Å². The van der Waals surface area contributed by atoms with Crippen molar-refractivity contribution in [3.63, 3.8) is 0 Å². The van der Waals surface area contributed by atoms with Crippen molar-refractivity contribution in [2.75, 3.05) is 13.2 Å². The summed E-state index contributed by atoms with van der Waals surface area (Å²) in [6.07, 6.45) is 47.6. The predicted molar refractivity (Wildman–Crippen MR) is 214 cm³/mol. The summed E-state index contributed by atoms with van der Waals surface area (Å²) in [6, 6.07) is 0. The average Bonchev–Trinajstić information content (AvgIpc) is 3.12. The number of hydrogen-bond donors (Lipinski definition) is 0. The first-order chi connectivity index (χ1) is 25.0. The standard InChI is InChI=1S/C45H74O6/c1-4-7-10-13-16-19-20-21-22-23-24-27-29-32-35-38-44(47)50-41-42(51-45(48)39-36-33-30-26-18-15-12-9-6-3)40-49-43(46)37-34-31-28-25-17-14-11-8-5-2/h8-9,11-12,16-21,25-26,42H,4-7,10,13-15,22-24,27-41H2,1-3H3/b11-8-,12-9-,19-16-,21-20-,25-17-,26-18-. The van der Waals surface area contributed by atoms with E-state index in [0.29, 0.717) is 19.3 Å². The molecule has 0 saturated carbocycles. The minimum atomic E-state index is -0.805. The van der Waals surface area contributed by atoms with Gasteiger partial charge in [0, 0.05) is 19.3 Å². The van der Waals surface area contributed by atoms with Crippen LogP contribution in [0.15, 0.2) is 72.9 Å². The molecule has 6 nitrogen and oxygen atoms in total. The maximum atomic E-state index is 12.6. The molecule has 6 heteroatoms. The number of ether oxygens (including phenoxy) is 3. The second-order valence-electron chi connectivity index (χ2n) is 13.2. The zero-order valence-electron chi connectivity index (χ0n) is 32.8. The van der Waals surface area contributed by atoms with Gasteiger partial charge >= 0.3 is 17.9 Å². The summed E-state index contributed by atoms with van der Waals surface area (Å²) in [5.41, 5.74) is 0. The van der Waals surface area contributed by atoms with Crippen molar-refractivity contribution in [3.05, 3.63) is 72.9 Å². The fourth-order valence-corrected chi connectivity index (χ4v) is 5.15. The second kappa shape index (κ2) is 39.6. The topological polar surface area (TPSA) is 78.9 Å². The summed E-state index contributed by atoms with van der Waals surface area (Å²) >= 11 is 0. The van der Waals surface area contributed by atoms with E-state index < -0.39 is 6.10 Å². The summed E-state index contributed by atoms with van der Waals surface area (Å²) in [4.78, 5) is 37.4. The summed E-state index contributed by atoms with van der Waals surface area (Å²) in [6.45, 7) is 6.25. The van der Waals surface area contributed by atoms with E-state index in [1.54, 1.807) is 0 Å². The van der Waals surface area contributed by atoms with Crippen LogP contribution in [0.1, 0.15) is 175 Å². The maximum Gasteiger partial charge on any atom is 0.306 e. The Labute approximate surface area is 312 Å². The molecule has 0 rings (SSSR count). The molecule has 1 atom stereocenters. The van der Waals surface area contributed by atoms with Crippen LogP contribution in [0, 0.1) is 0 Å². The SMILES string of the molecule is CC/C=C\C/C=C\CCCCC(=O)OCC(COC(=O)CCCCCCCC/C=C\C=C/CCCCC)OC(=O)CCCC/C=C\C/C=C\CC. The van der Waals surface area contributed by atoms with Gasteiger partial charge in [0.1, 0.15) is 13.2 Å². The van der Waals surface area contributed by atoms with E-state index in [2.05, 4.69) is 93.7 Å². The van der Waals surface area contributed by atoms with Crippen molar-refractivity contribution in [3.8, 4) is 0 Å². The molecule has 0 heterocycles. The van der Waals surface area contributed by atoms with E-state index in [1.807, 2.05) is 0 Å². The predicted octanol–water partition coefficient (Wildman–Crippen LogP) is 12.7. The van der Waals surface area contributed by atoms with Crippen LogP contribution < -0.4 is 0 Å². The maximum absolute atomic E-state index is 12.6. The molecular formula is C45H74O6. The van der Waals surface area contributed by atoms with Gasteiger partial charge in [-0.15, -0.1) is 0 Å². The zero-order valence-corrected chi connectivity index (χ0v) is 32.8. The Morgan fingerprint density at radius 2 is 0.824 bits per heavy atom. The molecule has 0 radical (unpaired) electrons. The lowest BCUT2D eigenvalue weighted by atomic mass is 10.1. The van der Waals surface area contributed by atoms with Gasteiger partial charge in [0.05, 0.1) is 0 Å². The molecule has 51 heavy (non-hydrogen) atoms. The smallest absolute Gasteiger partial charge is 0.306 e. The van der Waals surface area contributed by atoms with Gasteiger partial charge in [0.15, 0.2) is 6.10 Å². The number of hydrogen-bond acceptors (Lipinski definition) is 6. The largest absolute Gasteiger partial charge is 0.462 e. The number of carbonyl (C=O) groups is 3. The Morgan fingerprint density at radius 3 is 1.33 bits per heavy atom. The zero-order chi connectivity index (χ0) is 37.3. The third-order valence-electron chi connectivity index (χ3n) is 8.20. The van der Waals surface area contributed by atoms with Crippen LogP contribution in [0.25, 0.3) is 0 Å². The van der Waals surface area contributed by atoms with Crippen LogP contribution >= 0.6 is 0 Å². The molecule has 0 aliphatic carbocycles. The van der Waals surface area contributed by atoms with E-state index in [0.717, 1.165) is 83.5 Å². The molecular weight excluding hydrogens is 636 g/mol. The van der Waals surface area contributed by atoms with Gasteiger partial charge in [0.25, 0.3) is 0 Å². The Kier molecular flexibility index (Phi) is 37.2. The van der Waals surface area contributed by atoms with Gasteiger partial charge in [-0.3, -0.25) is 14.4 Å². The third-order valence-corrected chi connectivity index (χ3v) is 8.20. The average molecular weight is 711 g/mol. The molecule has 0 fully saturated rings. The van der Waals surface area contributed by atoms with Crippen LogP contribution in [0.2, 0.25) is 0 Å². The molecule has 0 saturated heterocycles. The quantitative estimate of drug-likeness (QED) is 0.0214. The third kappa shape index (κ3) is 37.9. The number of unbranched alkanes of at least 4 members (excludes halogenated alkanes) is 13. The molecule has 0 spiro atoms. The van der Waals surface area contributed by atoms with Gasteiger partial charge < -0.3 is 14.2 Å². The van der Waals surface area contributed by atoms with Crippen LogP contribution in [-0.4, -0.2) is 37.2 Å². The molecule has 0 aliphatic heterocycles. The molecule has 0 amide bonds. The number of allylic oxidation sites excluding steroid dienone is 12. The van der Waals surface area contributed by atoms with Gasteiger partial charge in [0.2, 0.25) is 0 Å². The van der Waals surface area contributed by atoms with Crippen molar-refractivity contribution in [1.82, 2.24) is 0 Å². The van der Waals surface area contributed by atoms with E-state index in [-0.39, 0.29) is 37.5 Å². The highest BCUT2D eigenvalue weighted by Crippen LogP contribution is 2.11. The Morgan fingerprint density at radius 1 is 0.431 bits per heavy atom. The second-order valence-corrected chi connectivity index (χ2v) is 13.2. The van der Waals surface area contributed by atoms with Crippen LogP contribution in [0.5, 0.6) is 0 Å². The first-order valence-electron chi connectivity index (χ1n) is 20.5. The van der Waals surface area contributed by atoms with Crippen LogP contribution in [0.4, 0.5) is 0 Å². The highest BCUT2D eigenvalue weighted by Gasteiger charge is 2.19. The lowest BCUT2D eigenvalue weighted by Gasteiger charge is -2.18. The van der Waals surface area contributed by atoms with Gasteiger partial charge in [-0.25, -0.2) is 0 Å².